The zero-order chi connectivity index (χ0) is 19.4. The number of aromatic nitrogens is 3. The van der Waals surface area contributed by atoms with Crippen molar-refractivity contribution in [1.82, 2.24) is 15.0 Å². The molecule has 1 heterocycles. The molecule has 7 nitrogen and oxygen atoms in total. The second-order valence-corrected chi connectivity index (χ2v) is 5.51. The predicted octanol–water partition coefficient (Wildman–Crippen LogP) is 2.65. The van der Waals surface area contributed by atoms with E-state index in [0.29, 0.717) is 17.4 Å². The Kier molecular flexibility index (Phi) is 5.20. The molecule has 0 fully saturated rings. The molecule has 0 aliphatic heterocycles. The Morgan fingerprint density at radius 3 is 2.56 bits per heavy atom. The molecular formula is C18H14F2N4O3. The SMILES string of the molecule is Cc1nn(-c2ccccc2)nc1C(=O)OCC(=O)Nc1ccc(F)cc1F. The first-order chi connectivity index (χ1) is 12.9. The summed E-state index contributed by atoms with van der Waals surface area (Å²) in [5.41, 5.74) is 0.723. The fourth-order valence-electron chi connectivity index (χ4n) is 2.22. The first-order valence-corrected chi connectivity index (χ1v) is 7.85. The van der Waals surface area contributed by atoms with Crippen molar-refractivity contribution < 1.29 is 23.1 Å². The number of nitrogens with one attached hydrogen (secondary N) is 1. The van der Waals surface area contributed by atoms with Crippen molar-refractivity contribution in [1.29, 1.82) is 0 Å². The van der Waals surface area contributed by atoms with Crippen LogP contribution in [-0.2, 0) is 9.53 Å². The smallest absolute Gasteiger partial charge is 0.361 e. The number of aryl methyl sites for hydroxylation is 1. The van der Waals surface area contributed by atoms with Crippen molar-refractivity contribution in [3.63, 3.8) is 0 Å². The van der Waals surface area contributed by atoms with Crippen LogP contribution in [0, 0.1) is 18.6 Å². The largest absolute Gasteiger partial charge is 0.451 e. The van der Waals surface area contributed by atoms with Gasteiger partial charge in [0.15, 0.2) is 12.3 Å². The molecule has 138 valence electrons. The van der Waals surface area contributed by atoms with Crippen LogP contribution in [0.25, 0.3) is 5.69 Å². The molecule has 1 N–H and O–H groups in total. The molecule has 9 heteroatoms. The zero-order valence-electron chi connectivity index (χ0n) is 14.1. The monoisotopic (exact) mass is 372 g/mol. The van der Waals surface area contributed by atoms with E-state index >= 15 is 0 Å². The number of ether oxygens (including phenoxy) is 1. The molecule has 1 amide bonds. The summed E-state index contributed by atoms with van der Waals surface area (Å²) in [6.45, 7) is 0.921. The Morgan fingerprint density at radius 1 is 1.11 bits per heavy atom. The van der Waals surface area contributed by atoms with Crippen molar-refractivity contribution in [2.75, 3.05) is 11.9 Å². The Balaban J connectivity index is 1.62. The molecule has 0 saturated carbocycles. The number of hydrogen-bond acceptors (Lipinski definition) is 5. The summed E-state index contributed by atoms with van der Waals surface area (Å²) in [6, 6.07) is 11.6. The van der Waals surface area contributed by atoms with Crippen LogP contribution in [0.2, 0.25) is 0 Å². The van der Waals surface area contributed by atoms with E-state index in [1.807, 2.05) is 6.07 Å². The summed E-state index contributed by atoms with van der Waals surface area (Å²) in [7, 11) is 0. The fourth-order valence-corrected chi connectivity index (χ4v) is 2.22. The summed E-state index contributed by atoms with van der Waals surface area (Å²) in [5.74, 6) is -3.32. The van der Waals surface area contributed by atoms with Gasteiger partial charge in [-0.3, -0.25) is 4.79 Å². The Bertz CT molecular complexity index is 990. The average molecular weight is 372 g/mol. The fraction of sp³-hybridized carbons (Fsp3) is 0.111. The first-order valence-electron chi connectivity index (χ1n) is 7.85. The van der Waals surface area contributed by atoms with Crippen LogP contribution in [0.15, 0.2) is 48.5 Å². The molecule has 2 aromatic carbocycles. The minimum absolute atomic E-state index is 0.0420. The van der Waals surface area contributed by atoms with Crippen LogP contribution < -0.4 is 5.32 Å². The number of carbonyl (C=O) groups excluding carboxylic acids is 2. The molecule has 0 radical (unpaired) electrons. The molecule has 0 unspecified atom stereocenters. The molecule has 27 heavy (non-hydrogen) atoms. The number of para-hydroxylation sites is 1. The van der Waals surface area contributed by atoms with Gasteiger partial charge >= 0.3 is 5.97 Å². The maximum atomic E-state index is 13.5. The minimum atomic E-state index is -0.934. The van der Waals surface area contributed by atoms with Crippen LogP contribution >= 0.6 is 0 Å². The number of halogens is 2. The van der Waals surface area contributed by atoms with E-state index < -0.39 is 30.1 Å². The van der Waals surface area contributed by atoms with Gasteiger partial charge in [-0.15, -0.1) is 5.10 Å². The lowest BCUT2D eigenvalue weighted by Crippen LogP contribution is -2.22. The van der Waals surface area contributed by atoms with Crippen LogP contribution in [0.4, 0.5) is 14.5 Å². The van der Waals surface area contributed by atoms with Gasteiger partial charge in [0.2, 0.25) is 0 Å². The maximum Gasteiger partial charge on any atom is 0.361 e. The third kappa shape index (κ3) is 4.32. The molecule has 0 aliphatic rings. The number of carbonyl (C=O) groups is 2. The number of hydrogen-bond donors (Lipinski definition) is 1. The van der Waals surface area contributed by atoms with Gasteiger partial charge in [0.25, 0.3) is 5.91 Å². The lowest BCUT2D eigenvalue weighted by atomic mass is 10.3. The summed E-state index contributed by atoms with van der Waals surface area (Å²) < 4.78 is 31.3. The lowest BCUT2D eigenvalue weighted by molar-refractivity contribution is -0.119. The normalized spacial score (nSPS) is 10.5. The average Bonchev–Trinajstić information content (AvgIpc) is 3.05. The van der Waals surface area contributed by atoms with Crippen LogP contribution in [0.5, 0.6) is 0 Å². The van der Waals surface area contributed by atoms with Gasteiger partial charge in [-0.2, -0.15) is 9.90 Å². The van der Waals surface area contributed by atoms with E-state index in [1.165, 1.54) is 4.80 Å². The second kappa shape index (κ2) is 7.73. The third-order valence-corrected chi connectivity index (χ3v) is 3.50. The third-order valence-electron chi connectivity index (χ3n) is 3.50. The van der Waals surface area contributed by atoms with E-state index in [9.17, 15) is 18.4 Å². The predicted molar refractivity (Wildman–Crippen MR) is 91.4 cm³/mol. The first kappa shape index (κ1) is 18.2. The van der Waals surface area contributed by atoms with E-state index in [2.05, 4.69) is 15.5 Å². The van der Waals surface area contributed by atoms with Crippen LogP contribution in [-0.4, -0.2) is 33.5 Å². The molecule has 0 saturated heterocycles. The number of amides is 1. The van der Waals surface area contributed by atoms with E-state index in [-0.39, 0.29) is 11.4 Å². The highest BCUT2D eigenvalue weighted by Gasteiger charge is 2.19. The molecular weight excluding hydrogens is 358 g/mol. The van der Waals surface area contributed by atoms with Crippen LogP contribution in [0.3, 0.4) is 0 Å². The molecule has 0 aliphatic carbocycles. The highest BCUT2D eigenvalue weighted by atomic mass is 19.1. The molecule has 1 aromatic heterocycles. The van der Waals surface area contributed by atoms with Gasteiger partial charge in [0.1, 0.15) is 11.6 Å². The Labute approximate surface area is 152 Å². The molecule has 0 bridgehead atoms. The van der Waals surface area contributed by atoms with Gasteiger partial charge in [0.05, 0.1) is 17.1 Å². The lowest BCUT2D eigenvalue weighted by Gasteiger charge is -2.07. The summed E-state index contributed by atoms with van der Waals surface area (Å²) in [4.78, 5) is 25.2. The van der Waals surface area contributed by atoms with E-state index in [1.54, 1.807) is 31.2 Å². The van der Waals surface area contributed by atoms with Gasteiger partial charge in [-0.25, -0.2) is 13.6 Å². The Morgan fingerprint density at radius 2 is 1.85 bits per heavy atom. The number of anilines is 1. The van der Waals surface area contributed by atoms with Crippen molar-refractivity contribution in [2.45, 2.75) is 6.92 Å². The number of rotatable bonds is 5. The highest BCUT2D eigenvalue weighted by molar-refractivity contribution is 5.95. The topological polar surface area (TPSA) is 86.1 Å². The van der Waals surface area contributed by atoms with E-state index in [4.69, 9.17) is 4.74 Å². The molecule has 0 spiro atoms. The number of esters is 1. The zero-order valence-corrected chi connectivity index (χ0v) is 14.1. The van der Waals surface area contributed by atoms with Crippen molar-refractivity contribution >= 4 is 17.6 Å². The minimum Gasteiger partial charge on any atom is -0.451 e. The van der Waals surface area contributed by atoms with Gasteiger partial charge in [-0.05, 0) is 31.2 Å². The second-order valence-electron chi connectivity index (χ2n) is 5.51. The Hall–Kier alpha value is -3.62. The molecule has 0 atom stereocenters. The highest BCUT2D eigenvalue weighted by Crippen LogP contribution is 2.15. The number of benzene rings is 2. The van der Waals surface area contributed by atoms with Crippen LogP contribution in [0.1, 0.15) is 16.2 Å². The standard InChI is InChI=1S/C18H14F2N4O3/c1-11-17(23-24(22-11)13-5-3-2-4-6-13)18(26)27-10-16(25)21-15-8-7-12(19)9-14(15)20/h2-9H,10H2,1H3,(H,21,25). The van der Waals surface area contributed by atoms with Crippen molar-refractivity contribution in [3.05, 3.63) is 71.6 Å². The quantitative estimate of drug-likeness (QED) is 0.696. The van der Waals surface area contributed by atoms with Gasteiger partial charge in [0, 0.05) is 6.07 Å². The van der Waals surface area contributed by atoms with Gasteiger partial charge < -0.3 is 10.1 Å². The molecule has 3 rings (SSSR count). The van der Waals surface area contributed by atoms with E-state index in [0.717, 1.165) is 12.1 Å². The van der Waals surface area contributed by atoms with Gasteiger partial charge in [-0.1, -0.05) is 18.2 Å². The number of nitrogens with zero attached hydrogens (tertiary/aromatic N) is 3. The maximum absolute atomic E-state index is 13.5. The summed E-state index contributed by atoms with van der Waals surface area (Å²) >= 11 is 0. The molecule has 3 aromatic rings. The summed E-state index contributed by atoms with van der Waals surface area (Å²) in [5, 5.41) is 10.4. The van der Waals surface area contributed by atoms with Crippen molar-refractivity contribution in [2.24, 2.45) is 0 Å². The summed E-state index contributed by atoms with van der Waals surface area (Å²) in [6.07, 6.45) is 0. The van der Waals surface area contributed by atoms with Crippen molar-refractivity contribution in [3.8, 4) is 5.69 Å².